The molecule has 0 amide bonds. The second-order valence-corrected chi connectivity index (χ2v) is 3.43. The first-order valence-electron chi connectivity index (χ1n) is 4.23. The third kappa shape index (κ3) is 1.76. The second kappa shape index (κ2) is 3.93. The summed E-state index contributed by atoms with van der Waals surface area (Å²) in [5.41, 5.74) is 5.11. The first-order chi connectivity index (χ1) is 7.59. The molecule has 0 aliphatic heterocycles. The molecule has 0 fully saturated rings. The normalized spacial score (nSPS) is 10.4. The van der Waals surface area contributed by atoms with Gasteiger partial charge in [0.1, 0.15) is 23.3 Å². The molecule has 0 spiro atoms. The van der Waals surface area contributed by atoms with Gasteiger partial charge in [-0.3, -0.25) is 0 Å². The Morgan fingerprint density at radius 3 is 2.38 bits per heavy atom. The van der Waals surface area contributed by atoms with Gasteiger partial charge in [-0.2, -0.15) is 5.10 Å². The van der Waals surface area contributed by atoms with Gasteiger partial charge in [0.15, 0.2) is 11.6 Å². The van der Waals surface area contributed by atoms with Crippen molar-refractivity contribution in [2.75, 3.05) is 0 Å². The highest BCUT2D eigenvalue weighted by atomic mass is 32.1. The maximum atomic E-state index is 13.6. The van der Waals surface area contributed by atoms with Crippen LogP contribution in [0, 0.1) is 11.6 Å². The van der Waals surface area contributed by atoms with Gasteiger partial charge in [-0.25, -0.2) is 18.4 Å². The molecule has 0 unspecified atom stereocenters. The van der Waals surface area contributed by atoms with Gasteiger partial charge in [0, 0.05) is 5.56 Å². The molecule has 0 saturated carbocycles. The van der Waals surface area contributed by atoms with Crippen LogP contribution in [0.3, 0.4) is 0 Å². The molecule has 1 heterocycles. The van der Waals surface area contributed by atoms with E-state index in [1.807, 2.05) is 0 Å². The average Bonchev–Trinajstić information content (AvgIpc) is 2.69. The van der Waals surface area contributed by atoms with Crippen molar-refractivity contribution < 1.29 is 8.78 Å². The molecule has 0 bridgehead atoms. The van der Waals surface area contributed by atoms with Crippen LogP contribution >= 0.6 is 12.2 Å². The zero-order valence-corrected chi connectivity index (χ0v) is 8.71. The molecule has 7 heteroatoms. The number of hydrogen-bond acceptors (Lipinski definition) is 3. The number of nitrogens with two attached hydrogens (primary N) is 1. The van der Waals surface area contributed by atoms with E-state index in [4.69, 9.17) is 5.73 Å². The van der Waals surface area contributed by atoms with Crippen molar-refractivity contribution in [1.82, 2.24) is 14.8 Å². The van der Waals surface area contributed by atoms with Crippen LogP contribution in [0.5, 0.6) is 0 Å². The highest BCUT2D eigenvalue weighted by Crippen LogP contribution is 2.18. The molecular weight excluding hydrogens is 234 g/mol. The Labute approximate surface area is 94.7 Å². The lowest BCUT2D eigenvalue weighted by Crippen LogP contribution is -2.12. The summed E-state index contributed by atoms with van der Waals surface area (Å²) in [4.78, 5) is 3.54. The minimum Gasteiger partial charge on any atom is -0.389 e. The molecule has 1 aromatic carbocycles. The molecular formula is C9H6F2N4S. The van der Waals surface area contributed by atoms with Gasteiger partial charge in [-0.05, 0) is 12.1 Å². The zero-order chi connectivity index (χ0) is 11.7. The number of rotatable bonds is 2. The first kappa shape index (κ1) is 10.6. The van der Waals surface area contributed by atoms with E-state index < -0.39 is 11.6 Å². The van der Waals surface area contributed by atoms with Crippen LogP contribution in [0.15, 0.2) is 24.8 Å². The molecule has 2 aromatic rings. The van der Waals surface area contributed by atoms with E-state index in [2.05, 4.69) is 22.3 Å². The van der Waals surface area contributed by atoms with Crippen LogP contribution in [0.2, 0.25) is 0 Å². The Hall–Kier alpha value is -1.89. The number of benzene rings is 1. The Bertz CT molecular complexity index is 515. The third-order valence-corrected chi connectivity index (χ3v) is 2.18. The largest absolute Gasteiger partial charge is 0.389 e. The summed E-state index contributed by atoms with van der Waals surface area (Å²) >= 11 is 4.63. The van der Waals surface area contributed by atoms with Crippen molar-refractivity contribution >= 4 is 17.2 Å². The number of halogens is 2. The SMILES string of the molecule is NC(=S)c1cc(F)c(-n2cncn2)c(F)c1. The summed E-state index contributed by atoms with van der Waals surface area (Å²) in [5, 5.41) is 3.64. The van der Waals surface area contributed by atoms with Gasteiger partial charge in [-0.15, -0.1) is 0 Å². The van der Waals surface area contributed by atoms with Gasteiger partial charge in [-0.1, -0.05) is 12.2 Å². The highest BCUT2D eigenvalue weighted by Gasteiger charge is 2.14. The Morgan fingerprint density at radius 1 is 1.31 bits per heavy atom. The van der Waals surface area contributed by atoms with Crippen molar-refractivity contribution in [3.63, 3.8) is 0 Å². The second-order valence-electron chi connectivity index (χ2n) is 2.99. The summed E-state index contributed by atoms with van der Waals surface area (Å²) in [6.45, 7) is 0. The fraction of sp³-hybridized carbons (Fsp3) is 0. The fourth-order valence-corrected chi connectivity index (χ4v) is 1.37. The van der Waals surface area contributed by atoms with Crippen LogP contribution in [0.4, 0.5) is 8.78 Å². The minimum absolute atomic E-state index is 0.0667. The molecule has 2 N–H and O–H groups in total. The smallest absolute Gasteiger partial charge is 0.152 e. The molecule has 0 aliphatic rings. The maximum Gasteiger partial charge on any atom is 0.152 e. The van der Waals surface area contributed by atoms with Crippen LogP contribution < -0.4 is 5.73 Å². The van der Waals surface area contributed by atoms with E-state index in [1.54, 1.807) is 0 Å². The van der Waals surface area contributed by atoms with Crippen LogP contribution in [0.25, 0.3) is 5.69 Å². The zero-order valence-electron chi connectivity index (χ0n) is 7.89. The molecule has 1 aromatic heterocycles. The van der Waals surface area contributed by atoms with Crippen LogP contribution in [-0.2, 0) is 0 Å². The maximum absolute atomic E-state index is 13.6. The van der Waals surface area contributed by atoms with E-state index in [0.717, 1.165) is 16.8 Å². The molecule has 16 heavy (non-hydrogen) atoms. The van der Waals surface area contributed by atoms with E-state index in [1.165, 1.54) is 12.7 Å². The summed E-state index contributed by atoms with van der Waals surface area (Å²) in [6, 6.07) is 2.12. The molecule has 0 saturated heterocycles. The van der Waals surface area contributed by atoms with Crippen molar-refractivity contribution in [1.29, 1.82) is 0 Å². The Kier molecular flexibility index (Phi) is 2.61. The van der Waals surface area contributed by atoms with Crippen molar-refractivity contribution in [2.45, 2.75) is 0 Å². The average molecular weight is 240 g/mol. The van der Waals surface area contributed by atoms with Crippen molar-refractivity contribution in [3.05, 3.63) is 42.0 Å². The van der Waals surface area contributed by atoms with E-state index in [-0.39, 0.29) is 16.2 Å². The highest BCUT2D eigenvalue weighted by molar-refractivity contribution is 7.80. The quantitative estimate of drug-likeness (QED) is 0.801. The molecule has 4 nitrogen and oxygen atoms in total. The van der Waals surface area contributed by atoms with Crippen LogP contribution in [0.1, 0.15) is 5.56 Å². The van der Waals surface area contributed by atoms with Gasteiger partial charge in [0.2, 0.25) is 0 Å². The monoisotopic (exact) mass is 240 g/mol. The Morgan fingerprint density at radius 2 is 1.94 bits per heavy atom. The number of nitrogens with zero attached hydrogens (tertiary/aromatic N) is 3. The van der Waals surface area contributed by atoms with Gasteiger partial charge < -0.3 is 5.73 Å². The number of hydrogen-bond donors (Lipinski definition) is 1. The summed E-state index contributed by atoms with van der Waals surface area (Å²) < 4.78 is 28.2. The summed E-state index contributed by atoms with van der Waals surface area (Å²) in [5.74, 6) is -1.60. The topological polar surface area (TPSA) is 56.7 Å². The number of thiocarbonyl (C=S) groups is 1. The predicted octanol–water partition coefficient (Wildman–Crippen LogP) is 1.18. The van der Waals surface area contributed by atoms with Crippen molar-refractivity contribution in [2.24, 2.45) is 5.73 Å². The Balaban J connectivity index is 2.61. The van der Waals surface area contributed by atoms with E-state index >= 15 is 0 Å². The summed E-state index contributed by atoms with van der Waals surface area (Å²) in [6.07, 6.45) is 2.38. The minimum atomic E-state index is -0.798. The lowest BCUT2D eigenvalue weighted by Gasteiger charge is -2.06. The lowest BCUT2D eigenvalue weighted by molar-refractivity contribution is 0.559. The third-order valence-electron chi connectivity index (χ3n) is 1.95. The standard InChI is InChI=1S/C9H6F2N4S/c10-6-1-5(9(12)16)2-7(11)8(6)15-4-13-3-14-15/h1-4H,(H2,12,16). The van der Waals surface area contributed by atoms with E-state index in [0.29, 0.717) is 0 Å². The van der Waals surface area contributed by atoms with Gasteiger partial charge >= 0.3 is 0 Å². The van der Waals surface area contributed by atoms with Crippen LogP contribution in [-0.4, -0.2) is 19.8 Å². The molecule has 0 aliphatic carbocycles. The predicted molar refractivity (Wildman–Crippen MR) is 57.2 cm³/mol. The van der Waals surface area contributed by atoms with Crippen molar-refractivity contribution in [3.8, 4) is 5.69 Å². The van der Waals surface area contributed by atoms with Gasteiger partial charge in [0.05, 0.1) is 0 Å². The summed E-state index contributed by atoms with van der Waals surface area (Å²) in [7, 11) is 0. The number of aromatic nitrogens is 3. The molecule has 2 rings (SSSR count). The van der Waals surface area contributed by atoms with Gasteiger partial charge in [0.25, 0.3) is 0 Å². The lowest BCUT2D eigenvalue weighted by atomic mass is 10.2. The van der Waals surface area contributed by atoms with E-state index in [9.17, 15) is 8.78 Å². The first-order valence-corrected chi connectivity index (χ1v) is 4.64. The molecule has 0 radical (unpaired) electrons. The molecule has 0 atom stereocenters. The fourth-order valence-electron chi connectivity index (χ4n) is 1.25. The molecule has 82 valence electrons.